The van der Waals surface area contributed by atoms with Gasteiger partial charge in [0.2, 0.25) is 0 Å². The summed E-state index contributed by atoms with van der Waals surface area (Å²) in [7, 11) is 0. The van der Waals surface area contributed by atoms with Crippen LogP contribution in [0.15, 0.2) is 12.3 Å². The van der Waals surface area contributed by atoms with Crippen molar-refractivity contribution in [1.82, 2.24) is 9.94 Å². The summed E-state index contributed by atoms with van der Waals surface area (Å²) in [6, 6.07) is 1.82. The second-order valence-electron chi connectivity index (χ2n) is 3.96. The molecule has 0 atom stereocenters. The fraction of sp³-hybridized carbons (Fsp3) is 0.625. The van der Waals surface area contributed by atoms with Crippen molar-refractivity contribution in [2.45, 2.75) is 27.2 Å². The summed E-state index contributed by atoms with van der Waals surface area (Å²) in [5.41, 5.74) is 1.16. The zero-order chi connectivity index (χ0) is 8.48. The van der Waals surface area contributed by atoms with Crippen molar-refractivity contribution in [3.63, 3.8) is 0 Å². The summed E-state index contributed by atoms with van der Waals surface area (Å²) >= 11 is 0. The molecule has 0 fully saturated rings. The van der Waals surface area contributed by atoms with E-state index >= 15 is 0 Å². The number of hydrogen-bond donors (Lipinski definition) is 1. The van der Waals surface area contributed by atoms with E-state index in [1.807, 2.05) is 6.07 Å². The minimum atomic E-state index is 0.231. The van der Waals surface area contributed by atoms with E-state index in [-0.39, 0.29) is 5.41 Å². The molecule has 0 amide bonds. The third kappa shape index (κ3) is 2.62. The van der Waals surface area contributed by atoms with Gasteiger partial charge in [-0.3, -0.25) is 0 Å². The van der Waals surface area contributed by atoms with E-state index in [1.165, 1.54) is 0 Å². The van der Waals surface area contributed by atoms with Crippen LogP contribution in [0.5, 0.6) is 0 Å². The van der Waals surface area contributed by atoms with Crippen molar-refractivity contribution < 1.29 is 5.21 Å². The van der Waals surface area contributed by atoms with Crippen molar-refractivity contribution in [3.05, 3.63) is 18.0 Å². The van der Waals surface area contributed by atoms with Crippen LogP contribution in [-0.4, -0.2) is 15.2 Å². The standard InChI is InChI=1S/C8H14N2O/c1-8(2,3)6-7-4-5-10(11)9-7/h4-5,11H,6H2,1-3H3. The van der Waals surface area contributed by atoms with Gasteiger partial charge >= 0.3 is 0 Å². The summed E-state index contributed by atoms with van der Waals surface area (Å²) in [6.07, 6.45) is 2.43. The Morgan fingerprint density at radius 1 is 1.55 bits per heavy atom. The van der Waals surface area contributed by atoms with Gasteiger partial charge in [-0.05, 0) is 17.9 Å². The summed E-state index contributed by atoms with van der Waals surface area (Å²) in [5, 5.41) is 12.7. The van der Waals surface area contributed by atoms with Gasteiger partial charge in [0.25, 0.3) is 0 Å². The molecule has 0 unspecified atom stereocenters. The Bertz CT molecular complexity index is 234. The third-order valence-electron chi connectivity index (χ3n) is 1.34. The largest absolute Gasteiger partial charge is 0.412 e. The Kier molecular flexibility index (Phi) is 1.89. The summed E-state index contributed by atoms with van der Waals surface area (Å²) in [5.74, 6) is 0. The Labute approximate surface area is 66.6 Å². The topological polar surface area (TPSA) is 38.0 Å². The molecule has 1 aromatic heterocycles. The quantitative estimate of drug-likeness (QED) is 0.625. The number of aromatic nitrogens is 2. The molecule has 11 heavy (non-hydrogen) atoms. The molecule has 0 aliphatic heterocycles. The maximum absolute atomic E-state index is 8.86. The van der Waals surface area contributed by atoms with Crippen LogP contribution in [0.3, 0.4) is 0 Å². The van der Waals surface area contributed by atoms with Gasteiger partial charge in [0, 0.05) is 0 Å². The lowest BCUT2D eigenvalue weighted by atomic mass is 9.91. The molecule has 0 bridgehead atoms. The molecule has 1 rings (SSSR count). The van der Waals surface area contributed by atoms with Crippen LogP contribution in [0.2, 0.25) is 0 Å². The van der Waals surface area contributed by atoms with E-state index < -0.39 is 0 Å². The summed E-state index contributed by atoms with van der Waals surface area (Å²) < 4.78 is 0. The predicted molar refractivity (Wildman–Crippen MR) is 42.6 cm³/mol. The minimum Gasteiger partial charge on any atom is -0.412 e. The van der Waals surface area contributed by atoms with E-state index in [4.69, 9.17) is 5.21 Å². The molecule has 0 saturated carbocycles. The molecule has 0 aromatic carbocycles. The Morgan fingerprint density at radius 3 is 2.55 bits per heavy atom. The zero-order valence-corrected chi connectivity index (χ0v) is 7.20. The SMILES string of the molecule is CC(C)(C)Cc1ccn(O)n1. The van der Waals surface area contributed by atoms with E-state index in [2.05, 4.69) is 25.9 Å². The molecule has 1 N–H and O–H groups in total. The number of hydrogen-bond acceptors (Lipinski definition) is 2. The molecule has 0 radical (unpaired) electrons. The highest BCUT2D eigenvalue weighted by atomic mass is 16.5. The number of rotatable bonds is 1. The van der Waals surface area contributed by atoms with Crippen molar-refractivity contribution >= 4 is 0 Å². The zero-order valence-electron chi connectivity index (χ0n) is 7.20. The van der Waals surface area contributed by atoms with Gasteiger partial charge in [-0.1, -0.05) is 20.8 Å². The monoisotopic (exact) mass is 154 g/mol. The Morgan fingerprint density at radius 2 is 2.18 bits per heavy atom. The molecule has 62 valence electrons. The first-order valence-electron chi connectivity index (χ1n) is 3.71. The lowest BCUT2D eigenvalue weighted by Gasteiger charge is -2.15. The fourth-order valence-corrected chi connectivity index (χ4v) is 0.989. The molecular formula is C8H14N2O. The van der Waals surface area contributed by atoms with E-state index in [1.54, 1.807) is 6.20 Å². The highest BCUT2D eigenvalue weighted by molar-refractivity contribution is 5.00. The van der Waals surface area contributed by atoms with Crippen LogP contribution in [0.25, 0.3) is 0 Å². The summed E-state index contributed by atoms with van der Waals surface area (Å²) in [4.78, 5) is 0.848. The molecule has 0 saturated heterocycles. The lowest BCUT2D eigenvalue weighted by molar-refractivity contribution is 0.147. The lowest BCUT2D eigenvalue weighted by Crippen LogP contribution is -2.09. The van der Waals surface area contributed by atoms with Crippen LogP contribution in [0.1, 0.15) is 26.5 Å². The van der Waals surface area contributed by atoms with Gasteiger partial charge in [0.05, 0.1) is 11.9 Å². The van der Waals surface area contributed by atoms with Gasteiger partial charge in [-0.2, -0.15) is 0 Å². The van der Waals surface area contributed by atoms with E-state index in [0.29, 0.717) is 0 Å². The van der Waals surface area contributed by atoms with Crippen molar-refractivity contribution in [1.29, 1.82) is 0 Å². The Hall–Kier alpha value is -0.990. The second-order valence-corrected chi connectivity index (χ2v) is 3.96. The normalized spacial score (nSPS) is 11.9. The third-order valence-corrected chi connectivity index (χ3v) is 1.34. The van der Waals surface area contributed by atoms with Gasteiger partial charge in [-0.15, -0.1) is 9.94 Å². The average molecular weight is 154 g/mol. The van der Waals surface area contributed by atoms with E-state index in [9.17, 15) is 0 Å². The maximum Gasteiger partial charge on any atom is 0.0667 e. The van der Waals surface area contributed by atoms with Gasteiger partial charge in [-0.25, -0.2) is 0 Å². The first kappa shape index (κ1) is 8.11. The fourth-order valence-electron chi connectivity index (χ4n) is 0.989. The minimum absolute atomic E-state index is 0.231. The second kappa shape index (κ2) is 2.57. The summed E-state index contributed by atoms with van der Waals surface area (Å²) in [6.45, 7) is 6.43. The molecular weight excluding hydrogens is 140 g/mol. The molecule has 0 spiro atoms. The molecule has 0 aliphatic rings. The first-order valence-corrected chi connectivity index (χ1v) is 3.71. The molecule has 1 heterocycles. The smallest absolute Gasteiger partial charge is 0.0667 e. The molecule has 0 aliphatic carbocycles. The van der Waals surface area contributed by atoms with Crippen LogP contribution < -0.4 is 0 Å². The van der Waals surface area contributed by atoms with Crippen molar-refractivity contribution in [2.75, 3.05) is 0 Å². The van der Waals surface area contributed by atoms with Gasteiger partial charge < -0.3 is 5.21 Å². The van der Waals surface area contributed by atoms with Gasteiger partial charge in [0.1, 0.15) is 0 Å². The number of nitrogens with zero attached hydrogens (tertiary/aromatic N) is 2. The van der Waals surface area contributed by atoms with Crippen molar-refractivity contribution in [3.8, 4) is 0 Å². The first-order chi connectivity index (χ1) is 4.97. The maximum atomic E-state index is 8.86. The molecule has 3 heteroatoms. The van der Waals surface area contributed by atoms with Crippen LogP contribution in [-0.2, 0) is 6.42 Å². The van der Waals surface area contributed by atoms with Crippen LogP contribution in [0, 0.1) is 5.41 Å². The van der Waals surface area contributed by atoms with Crippen molar-refractivity contribution in [2.24, 2.45) is 5.41 Å². The highest BCUT2D eigenvalue weighted by Gasteiger charge is 2.12. The molecule has 1 aromatic rings. The van der Waals surface area contributed by atoms with Gasteiger partial charge in [0.15, 0.2) is 0 Å². The molecule has 3 nitrogen and oxygen atoms in total. The van der Waals surface area contributed by atoms with Crippen LogP contribution in [0.4, 0.5) is 0 Å². The van der Waals surface area contributed by atoms with Crippen LogP contribution >= 0.6 is 0 Å². The Balaban J connectivity index is 2.65. The van der Waals surface area contributed by atoms with E-state index in [0.717, 1.165) is 17.0 Å². The predicted octanol–water partition coefficient (Wildman–Crippen LogP) is 1.71. The average Bonchev–Trinajstić information content (AvgIpc) is 2.10. The highest BCUT2D eigenvalue weighted by Crippen LogP contribution is 2.18.